The lowest BCUT2D eigenvalue weighted by Gasteiger charge is -2.18. The second kappa shape index (κ2) is 11.5. The molecule has 0 unspecified atom stereocenters. The van der Waals surface area contributed by atoms with Crippen LogP contribution in [0.15, 0.2) is 84.9 Å². The van der Waals surface area contributed by atoms with Crippen molar-refractivity contribution in [1.29, 1.82) is 0 Å². The molecule has 0 bridgehead atoms. The number of carbonyl (C=O) groups is 2. The Bertz CT molecular complexity index is 1270. The van der Waals surface area contributed by atoms with Gasteiger partial charge in [-0.1, -0.05) is 60.7 Å². The van der Waals surface area contributed by atoms with E-state index < -0.39 is 0 Å². The van der Waals surface area contributed by atoms with Crippen molar-refractivity contribution < 1.29 is 14.3 Å². The van der Waals surface area contributed by atoms with Crippen molar-refractivity contribution in [2.75, 3.05) is 13.2 Å². The molecule has 0 radical (unpaired) electrons. The van der Waals surface area contributed by atoms with Gasteiger partial charge in [0.1, 0.15) is 5.56 Å². The first-order valence-corrected chi connectivity index (χ1v) is 12.2. The zero-order valence-electron chi connectivity index (χ0n) is 20.9. The highest BCUT2D eigenvalue weighted by atomic mass is 16.5. The van der Waals surface area contributed by atoms with Crippen molar-refractivity contribution in [3.63, 3.8) is 0 Å². The van der Waals surface area contributed by atoms with Crippen molar-refractivity contribution in [2.24, 2.45) is 0 Å². The normalized spacial score (nSPS) is 10.9. The Hall–Kier alpha value is -4.19. The average molecular weight is 482 g/mol. The summed E-state index contributed by atoms with van der Waals surface area (Å²) in [5.74, 6) is -0.296. The number of benzene rings is 3. The van der Waals surface area contributed by atoms with Crippen molar-refractivity contribution >= 4 is 11.9 Å². The quantitative estimate of drug-likeness (QED) is 0.315. The summed E-state index contributed by atoms with van der Waals surface area (Å²) in [6, 6.07) is 27.9. The summed E-state index contributed by atoms with van der Waals surface area (Å²) >= 11 is 0. The van der Waals surface area contributed by atoms with Crippen molar-refractivity contribution in [1.82, 2.24) is 15.1 Å². The zero-order chi connectivity index (χ0) is 25.5. The first-order chi connectivity index (χ1) is 17.5. The molecule has 1 heterocycles. The zero-order valence-corrected chi connectivity index (χ0v) is 20.9. The molecule has 184 valence electrons. The molecular formula is C30H31N3O3. The monoisotopic (exact) mass is 481 g/mol. The molecule has 0 atom stereocenters. The fraction of sp³-hybridized carbons (Fsp3) is 0.233. The maximum atomic E-state index is 12.8. The number of hydrogen-bond acceptors (Lipinski definition) is 4. The lowest BCUT2D eigenvalue weighted by Crippen LogP contribution is -2.25. The number of carbonyl (C=O) groups excluding carboxylic acids is 2. The van der Waals surface area contributed by atoms with Gasteiger partial charge in [0.05, 0.1) is 23.7 Å². The lowest BCUT2D eigenvalue weighted by molar-refractivity contribution is 0.0524. The molecule has 1 N–H and O–H groups in total. The molecule has 1 amide bonds. The van der Waals surface area contributed by atoms with Gasteiger partial charge in [-0.3, -0.25) is 4.79 Å². The maximum Gasteiger partial charge on any atom is 0.341 e. The van der Waals surface area contributed by atoms with Crippen molar-refractivity contribution in [3.8, 4) is 5.69 Å². The number of nitrogens with one attached hydrogen (secondary N) is 1. The van der Waals surface area contributed by atoms with E-state index >= 15 is 0 Å². The van der Waals surface area contributed by atoms with Gasteiger partial charge in [0, 0.05) is 18.0 Å². The molecule has 3 aromatic carbocycles. The Balaban J connectivity index is 1.43. The van der Waals surface area contributed by atoms with Crippen molar-refractivity contribution in [2.45, 2.75) is 33.1 Å². The van der Waals surface area contributed by atoms with Crippen LogP contribution in [0.25, 0.3) is 5.69 Å². The van der Waals surface area contributed by atoms with Gasteiger partial charge < -0.3 is 10.1 Å². The predicted molar refractivity (Wildman–Crippen MR) is 141 cm³/mol. The van der Waals surface area contributed by atoms with E-state index in [-0.39, 0.29) is 17.8 Å². The third kappa shape index (κ3) is 5.54. The molecule has 0 fully saturated rings. The van der Waals surface area contributed by atoms with E-state index in [1.165, 1.54) is 11.1 Å². The number of nitrogens with zero attached hydrogens (tertiary/aromatic N) is 2. The molecule has 1 aromatic heterocycles. The topological polar surface area (TPSA) is 73.2 Å². The van der Waals surface area contributed by atoms with Crippen LogP contribution in [0.4, 0.5) is 0 Å². The average Bonchev–Trinajstić information content (AvgIpc) is 3.21. The number of esters is 1. The molecule has 6 nitrogen and oxygen atoms in total. The van der Waals surface area contributed by atoms with Gasteiger partial charge in [0.25, 0.3) is 5.91 Å². The Morgan fingerprint density at radius 3 is 2.03 bits per heavy atom. The van der Waals surface area contributed by atoms with E-state index in [0.717, 1.165) is 12.1 Å². The van der Waals surface area contributed by atoms with E-state index in [1.54, 1.807) is 30.7 Å². The first kappa shape index (κ1) is 24.9. The molecule has 4 aromatic rings. The fourth-order valence-corrected chi connectivity index (χ4v) is 4.48. The number of aryl methyl sites for hydroxylation is 1. The number of amides is 1. The molecule has 0 spiro atoms. The Kier molecular flexibility index (Phi) is 7.95. The van der Waals surface area contributed by atoms with Gasteiger partial charge in [-0.2, -0.15) is 5.10 Å². The number of aromatic nitrogens is 2. The third-order valence-corrected chi connectivity index (χ3v) is 6.27. The maximum absolute atomic E-state index is 12.8. The first-order valence-electron chi connectivity index (χ1n) is 12.2. The van der Waals surface area contributed by atoms with E-state index in [2.05, 4.69) is 34.7 Å². The van der Waals surface area contributed by atoms with Gasteiger partial charge in [-0.15, -0.1) is 0 Å². The number of ether oxygens (including phenoxy) is 1. The standard InChI is InChI=1S/C30H31N3O3/c1-4-36-30(35)28-21(2)32-33(22(28)3)26-17-15-25(16-18-26)29(34)31-20-19-27(23-11-7-5-8-12-23)24-13-9-6-10-14-24/h5-18,27H,4,19-20H2,1-3H3,(H,31,34). The summed E-state index contributed by atoms with van der Waals surface area (Å²) in [7, 11) is 0. The summed E-state index contributed by atoms with van der Waals surface area (Å²) in [5.41, 5.74) is 5.60. The van der Waals surface area contributed by atoms with Gasteiger partial charge in [-0.05, 0) is 62.6 Å². The summed E-state index contributed by atoms with van der Waals surface area (Å²) in [6.45, 7) is 6.26. The smallest absolute Gasteiger partial charge is 0.341 e. The van der Waals surface area contributed by atoms with Crippen LogP contribution in [0.2, 0.25) is 0 Å². The number of hydrogen-bond donors (Lipinski definition) is 1. The Morgan fingerprint density at radius 2 is 1.47 bits per heavy atom. The SMILES string of the molecule is CCOC(=O)c1c(C)nn(-c2ccc(C(=O)NCCC(c3ccccc3)c3ccccc3)cc2)c1C. The fourth-order valence-electron chi connectivity index (χ4n) is 4.48. The summed E-state index contributed by atoms with van der Waals surface area (Å²) in [4.78, 5) is 25.1. The molecule has 0 aliphatic carbocycles. The molecule has 36 heavy (non-hydrogen) atoms. The highest BCUT2D eigenvalue weighted by Crippen LogP contribution is 2.27. The molecule has 4 rings (SSSR count). The van der Waals surface area contributed by atoms with E-state index in [0.29, 0.717) is 35.7 Å². The molecular weight excluding hydrogens is 450 g/mol. The van der Waals surface area contributed by atoms with E-state index in [4.69, 9.17) is 4.74 Å². The summed E-state index contributed by atoms with van der Waals surface area (Å²) in [6.07, 6.45) is 0.792. The van der Waals surface area contributed by atoms with E-state index in [9.17, 15) is 9.59 Å². The van der Waals surface area contributed by atoms with Gasteiger partial charge in [-0.25, -0.2) is 9.48 Å². The molecule has 0 saturated heterocycles. The second-order valence-corrected chi connectivity index (χ2v) is 8.64. The third-order valence-electron chi connectivity index (χ3n) is 6.27. The van der Waals surface area contributed by atoms with Crippen LogP contribution in [0.3, 0.4) is 0 Å². The molecule has 6 heteroatoms. The van der Waals surface area contributed by atoms with E-state index in [1.807, 2.05) is 55.5 Å². The number of rotatable bonds is 9. The van der Waals surface area contributed by atoms with Crippen LogP contribution in [-0.2, 0) is 4.74 Å². The summed E-state index contributed by atoms with van der Waals surface area (Å²) in [5, 5.41) is 7.56. The Labute approximate surface area is 211 Å². The van der Waals surface area contributed by atoms with Crippen LogP contribution >= 0.6 is 0 Å². The van der Waals surface area contributed by atoms with Crippen LogP contribution in [0.5, 0.6) is 0 Å². The minimum absolute atomic E-state index is 0.123. The predicted octanol–water partition coefficient (Wildman–Crippen LogP) is 5.62. The largest absolute Gasteiger partial charge is 0.462 e. The van der Waals surface area contributed by atoms with Crippen LogP contribution in [-0.4, -0.2) is 34.8 Å². The van der Waals surface area contributed by atoms with Crippen LogP contribution in [0.1, 0.15) is 62.5 Å². The molecule has 0 aliphatic rings. The van der Waals surface area contributed by atoms with Crippen LogP contribution in [0, 0.1) is 13.8 Å². The highest BCUT2D eigenvalue weighted by Gasteiger charge is 2.20. The minimum atomic E-state index is -0.376. The Morgan fingerprint density at radius 1 is 0.889 bits per heavy atom. The second-order valence-electron chi connectivity index (χ2n) is 8.64. The van der Waals surface area contributed by atoms with Gasteiger partial charge >= 0.3 is 5.97 Å². The van der Waals surface area contributed by atoms with Crippen LogP contribution < -0.4 is 5.32 Å². The molecule has 0 aliphatic heterocycles. The lowest BCUT2D eigenvalue weighted by atomic mass is 9.88. The molecule has 0 saturated carbocycles. The van der Waals surface area contributed by atoms with Gasteiger partial charge in [0.15, 0.2) is 0 Å². The highest BCUT2D eigenvalue weighted by molar-refractivity contribution is 5.94. The van der Waals surface area contributed by atoms with Crippen molar-refractivity contribution in [3.05, 3.63) is 119 Å². The summed E-state index contributed by atoms with van der Waals surface area (Å²) < 4.78 is 6.86. The minimum Gasteiger partial charge on any atom is -0.462 e. The van der Waals surface area contributed by atoms with Gasteiger partial charge in [0.2, 0.25) is 0 Å².